The molecule has 0 spiro atoms. The number of nitrogens with one attached hydrogen (secondary N) is 3. The summed E-state index contributed by atoms with van der Waals surface area (Å²) >= 11 is 10.7. The topological polar surface area (TPSA) is 486 Å². The van der Waals surface area contributed by atoms with Crippen LogP contribution in [0, 0.1) is 55.3 Å². The van der Waals surface area contributed by atoms with Gasteiger partial charge in [-0.25, -0.2) is 71.2 Å². The summed E-state index contributed by atoms with van der Waals surface area (Å²) in [5.41, 5.74) is 37.5. The number of nitrogen functional groups attached to an aromatic ring is 5. The van der Waals surface area contributed by atoms with Gasteiger partial charge in [-0.15, -0.1) is 12.4 Å². The van der Waals surface area contributed by atoms with Crippen molar-refractivity contribution < 1.29 is 60.8 Å². The van der Waals surface area contributed by atoms with Crippen LogP contribution in [0.4, 0.5) is 56.7 Å². The summed E-state index contributed by atoms with van der Waals surface area (Å²) in [6.45, 7) is 8.66. The van der Waals surface area contributed by atoms with Gasteiger partial charge >= 0.3 is 42.7 Å². The van der Waals surface area contributed by atoms with Gasteiger partial charge in [-0.1, -0.05) is 26.7 Å². The molecule has 7 aromatic heterocycles. The number of esters is 3. The first-order valence-electron chi connectivity index (χ1n) is 24.3. The van der Waals surface area contributed by atoms with Gasteiger partial charge < -0.3 is 69.9 Å². The van der Waals surface area contributed by atoms with Crippen LogP contribution in [0.25, 0.3) is 22.1 Å². The molecular formula is C49H65BBrCl2F5N19O9S. The third kappa shape index (κ3) is 28.6. The van der Waals surface area contributed by atoms with E-state index in [1.807, 2.05) is 6.92 Å². The van der Waals surface area contributed by atoms with Crippen molar-refractivity contribution in [3.63, 3.8) is 0 Å². The number of pyridine rings is 5. The van der Waals surface area contributed by atoms with Crippen molar-refractivity contribution in [2.45, 2.75) is 72.4 Å². The van der Waals surface area contributed by atoms with Crippen LogP contribution in [0.3, 0.4) is 0 Å². The van der Waals surface area contributed by atoms with Gasteiger partial charge in [0.1, 0.15) is 38.9 Å². The summed E-state index contributed by atoms with van der Waals surface area (Å²) in [5.74, 6) is -4.31. The molecule has 0 fully saturated rings. The predicted octanol–water partition coefficient (Wildman–Crippen LogP) is 5.64. The van der Waals surface area contributed by atoms with Crippen LogP contribution in [0.5, 0.6) is 0 Å². The minimum atomic E-state index is -0.696. The molecule has 28 nitrogen and oxygen atoms in total. The van der Waals surface area contributed by atoms with Gasteiger partial charge in [-0.05, 0) is 61.1 Å². The molecule has 0 bridgehead atoms. The molecule has 87 heavy (non-hydrogen) atoms. The average Bonchev–Trinajstić information content (AvgIpc) is 1.26. The van der Waals surface area contributed by atoms with Crippen LogP contribution in [0.1, 0.15) is 88.1 Å². The minimum absolute atomic E-state index is 0. The Morgan fingerprint density at radius 1 is 0.724 bits per heavy atom. The molecule has 7 heterocycles. The number of nitrogens with two attached hydrogens (primary N) is 7. The molecule has 38 heteroatoms. The van der Waals surface area contributed by atoms with Gasteiger partial charge in [0.25, 0.3) is 5.56 Å². The SMILES string of the molecule is CCC[C@@H](CO)Nc1nc(N)nc2cc(F)c(C)nc12.CCC[C@H](N)CO.COC(=O)c1nc(Br)c(F)cc1N.COC(=O)c1nc(C)c(F)cc1N.COC(=O)c1ncc(F)cc1N.Cc1nc2c(=O)[nH]c(N)nc2cc1F.Cl.N=C(N)Cl.[B]=NS. The number of aromatic nitrogens is 9. The fourth-order valence-corrected chi connectivity index (χ4v) is 6.23. The van der Waals surface area contributed by atoms with E-state index < -0.39 is 52.6 Å². The van der Waals surface area contributed by atoms with Gasteiger partial charge in [0.2, 0.25) is 11.9 Å². The molecule has 0 aromatic carbocycles. The molecule has 7 rings (SSSR count). The van der Waals surface area contributed by atoms with E-state index in [-0.39, 0.29) is 122 Å². The molecule has 2 atom stereocenters. The number of ether oxygens (including phenoxy) is 3. The Kier molecular flexibility index (Phi) is 38.7. The number of hydrogen-bond acceptors (Lipinski definition) is 27. The second-order valence-electron chi connectivity index (χ2n) is 16.5. The molecule has 19 N–H and O–H groups in total. The predicted molar refractivity (Wildman–Crippen MR) is 330 cm³/mol. The number of fused-ring (bicyclic) bond motifs is 2. The standard InChI is InChI=1S/C13H18FN5O.C8H7FN4O.C8H9FN2O2.C7H6BrFN2O2.C7H7FN2O2.C5H13NO.CH3ClN2.BHNS.ClH/c1-3-4-8(6-20)17-12-11-10(18-13(15)19-12)5-9(14)7(2)16-11;1-3-4(9)2-5-6(11-3)7(14)13-8(10)12-5;1-4-5(9)3-6(10)7(11-4)8(12)13-2;1-13-7(12)5-4(10)2-3(9)6(8)11-5;1-12-7(11)6-5(9)2-4(8)3-10-6;1-2-3-5(6)4-7;2-1(3)4;1-2-3;/h5,8,20H,3-4,6H2,1-2H3,(H3,15,17,18,19);2H,1H3,(H3,10,12,13,14);3H,10H2,1-2H3;2H,10H2,1H3;2-3H,9H2,1H3;5,7H,2-4,6H2,1H3;(H3,3,4);3H;1H/t8-;;;;;5-;;;/m0....0.../s1. The molecule has 0 aliphatic rings. The number of anilines is 6. The number of halogens is 8. The number of hydrogen-bond donors (Lipinski definition) is 13. The summed E-state index contributed by atoms with van der Waals surface area (Å²) in [4.78, 5) is 77.0. The maximum atomic E-state index is 13.5. The summed E-state index contributed by atoms with van der Waals surface area (Å²) in [7, 11) is 7.94. The Bertz CT molecular complexity index is 3400. The number of H-pyrrole nitrogens is 1. The zero-order chi connectivity index (χ0) is 66.1. The van der Waals surface area contributed by atoms with Crippen molar-refractivity contribution in [1.29, 1.82) is 5.41 Å². The van der Waals surface area contributed by atoms with E-state index in [4.69, 9.17) is 44.9 Å². The van der Waals surface area contributed by atoms with Gasteiger partial charge in [0.15, 0.2) is 39.5 Å². The molecular weight excluding hydrogens is 1290 g/mol. The molecule has 475 valence electrons. The van der Waals surface area contributed by atoms with E-state index in [9.17, 15) is 46.2 Å². The number of carbonyl (C=O) groups is 3. The first-order valence-corrected chi connectivity index (χ1v) is 25.8. The molecule has 0 saturated heterocycles. The van der Waals surface area contributed by atoms with Crippen LogP contribution < -0.4 is 51.0 Å². The van der Waals surface area contributed by atoms with Crippen molar-refractivity contribution in [1.82, 2.24) is 44.9 Å². The van der Waals surface area contributed by atoms with Crippen LogP contribution in [-0.4, -0.2) is 133 Å². The van der Waals surface area contributed by atoms with E-state index in [1.54, 1.807) is 6.92 Å². The number of amidine groups is 1. The number of aliphatic hydroxyl groups excluding tert-OH is 2. The summed E-state index contributed by atoms with van der Waals surface area (Å²) in [5, 5.41) is 26.5. The second kappa shape index (κ2) is 41.7. The number of thiol groups is 1. The molecule has 7 aromatic rings. The first-order chi connectivity index (χ1) is 40.3. The number of nitrogens with zero attached hydrogens (tertiary/aromatic N) is 9. The van der Waals surface area contributed by atoms with E-state index in [2.05, 4.69) is 129 Å². The Hall–Kier alpha value is -8.29. The number of methoxy groups -OCH3 is 3. The van der Waals surface area contributed by atoms with Crippen molar-refractivity contribution in [2.24, 2.45) is 15.8 Å². The molecule has 0 aliphatic heterocycles. The Morgan fingerprint density at radius 2 is 1.15 bits per heavy atom. The zero-order valence-electron chi connectivity index (χ0n) is 47.8. The van der Waals surface area contributed by atoms with Gasteiger partial charge in [-0.3, -0.25) is 15.2 Å². The van der Waals surface area contributed by atoms with Crippen molar-refractivity contribution in [2.75, 3.05) is 68.5 Å². The van der Waals surface area contributed by atoms with Crippen molar-refractivity contribution in [3.8, 4) is 0 Å². The fraction of sp³-hybridized carbons (Fsp3) is 0.327. The fourth-order valence-electron chi connectivity index (χ4n) is 5.94. The monoisotopic (exact) mass is 1350 g/mol. The average molecular weight is 1350 g/mol. The molecule has 1 radical (unpaired) electrons. The summed E-state index contributed by atoms with van der Waals surface area (Å²) in [6.07, 6.45) is 4.58. The summed E-state index contributed by atoms with van der Waals surface area (Å²) in [6, 6.07) is 5.35. The van der Waals surface area contributed by atoms with Crippen molar-refractivity contribution >= 4 is 140 Å². The van der Waals surface area contributed by atoms with E-state index in [0.717, 1.165) is 56.1 Å². The Balaban J connectivity index is 0. The number of carbonyl (C=O) groups excluding carboxylic acids is 3. The van der Waals surface area contributed by atoms with E-state index in [1.165, 1.54) is 41.2 Å². The molecule has 0 amide bonds. The van der Waals surface area contributed by atoms with Gasteiger partial charge in [0, 0.05) is 36.4 Å². The van der Waals surface area contributed by atoms with Crippen LogP contribution >= 0.6 is 52.8 Å². The second-order valence-corrected chi connectivity index (χ2v) is 17.9. The summed E-state index contributed by atoms with van der Waals surface area (Å²) < 4.78 is 80.4. The number of aromatic amines is 1. The van der Waals surface area contributed by atoms with Crippen LogP contribution in [0.15, 0.2) is 50.2 Å². The van der Waals surface area contributed by atoms with Crippen LogP contribution in [-0.2, 0) is 14.2 Å². The third-order valence-electron chi connectivity index (χ3n) is 9.90. The zero-order valence-corrected chi connectivity index (χ0v) is 51.8. The van der Waals surface area contributed by atoms with Gasteiger partial charge in [0.05, 0.1) is 86.4 Å². The Morgan fingerprint density at radius 3 is 1.60 bits per heavy atom. The molecule has 0 aliphatic carbocycles. The third-order valence-corrected chi connectivity index (χ3v) is 10.5. The number of rotatable bonds is 11. The quantitative estimate of drug-likeness (QED) is 0.00857. The molecule has 0 unspecified atom stereocenters. The maximum absolute atomic E-state index is 13.5. The number of aliphatic hydroxyl groups is 2. The molecule has 0 saturated carbocycles. The van der Waals surface area contributed by atoms with E-state index >= 15 is 0 Å². The van der Waals surface area contributed by atoms with E-state index in [0.29, 0.717) is 16.9 Å². The van der Waals surface area contributed by atoms with Crippen LogP contribution in [0.2, 0.25) is 0 Å². The van der Waals surface area contributed by atoms with Crippen molar-refractivity contribution in [3.05, 3.63) is 115 Å². The normalized spacial score (nSPS) is 10.4. The first kappa shape index (κ1) is 80.8. The van der Waals surface area contributed by atoms with Gasteiger partial charge in [-0.2, -0.15) is 4.98 Å². The Labute approximate surface area is 520 Å². The number of aryl methyl sites for hydroxylation is 3.